The van der Waals surface area contributed by atoms with Crippen molar-refractivity contribution in [2.45, 2.75) is 32.4 Å². The fourth-order valence-electron chi connectivity index (χ4n) is 3.57. The fraction of sp³-hybridized carbons (Fsp3) is 0.429. The maximum Gasteiger partial charge on any atom is 0.131 e. The SMILES string of the molecule is COc1ccc(CN2CCN(I)C(c3ccccc3C(C)C)C2)c(F)c1. The Morgan fingerprint density at radius 3 is 2.65 bits per heavy atom. The van der Waals surface area contributed by atoms with E-state index in [9.17, 15) is 4.39 Å². The summed E-state index contributed by atoms with van der Waals surface area (Å²) in [7, 11) is 1.56. The highest BCUT2D eigenvalue weighted by Gasteiger charge is 2.29. The number of hydrogen-bond acceptors (Lipinski definition) is 3. The molecule has 1 unspecified atom stereocenters. The first-order chi connectivity index (χ1) is 12.5. The molecule has 3 rings (SSSR count). The highest BCUT2D eigenvalue weighted by Crippen LogP contribution is 2.34. The second-order valence-electron chi connectivity index (χ2n) is 7.12. The Balaban J connectivity index is 1.79. The molecule has 1 heterocycles. The minimum absolute atomic E-state index is 0.194. The summed E-state index contributed by atoms with van der Waals surface area (Å²) in [6.07, 6.45) is 0. The molecule has 0 bridgehead atoms. The van der Waals surface area contributed by atoms with E-state index in [0.717, 1.165) is 25.2 Å². The molecule has 2 aromatic carbocycles. The lowest BCUT2D eigenvalue weighted by molar-refractivity contribution is 0.147. The molecule has 0 radical (unpaired) electrons. The predicted molar refractivity (Wildman–Crippen MR) is 112 cm³/mol. The normalized spacial score (nSPS) is 19.1. The maximum absolute atomic E-state index is 14.3. The van der Waals surface area contributed by atoms with Gasteiger partial charge in [0.15, 0.2) is 0 Å². The van der Waals surface area contributed by atoms with Crippen LogP contribution in [0, 0.1) is 5.82 Å². The Hall–Kier alpha value is -1.18. The minimum Gasteiger partial charge on any atom is -0.497 e. The van der Waals surface area contributed by atoms with Crippen molar-refractivity contribution >= 4 is 22.9 Å². The van der Waals surface area contributed by atoms with E-state index in [0.29, 0.717) is 24.3 Å². The largest absolute Gasteiger partial charge is 0.497 e. The number of piperazine rings is 1. The molecule has 1 aliphatic heterocycles. The van der Waals surface area contributed by atoms with Gasteiger partial charge in [0.2, 0.25) is 0 Å². The predicted octanol–water partition coefficient (Wildman–Crippen LogP) is 5.17. The van der Waals surface area contributed by atoms with Crippen molar-refractivity contribution in [3.05, 3.63) is 65.0 Å². The molecule has 1 aliphatic rings. The average molecular weight is 468 g/mol. The molecule has 0 aliphatic carbocycles. The summed E-state index contributed by atoms with van der Waals surface area (Å²) in [5.41, 5.74) is 3.51. The van der Waals surface area contributed by atoms with Crippen molar-refractivity contribution in [2.75, 3.05) is 26.7 Å². The van der Waals surface area contributed by atoms with Gasteiger partial charge in [-0.15, -0.1) is 0 Å². The Morgan fingerprint density at radius 2 is 1.96 bits per heavy atom. The Kier molecular flexibility index (Phi) is 6.53. The van der Waals surface area contributed by atoms with E-state index < -0.39 is 0 Å². The van der Waals surface area contributed by atoms with Gasteiger partial charge in [0.1, 0.15) is 11.6 Å². The van der Waals surface area contributed by atoms with Gasteiger partial charge in [0, 0.05) is 60.7 Å². The maximum atomic E-state index is 14.3. The van der Waals surface area contributed by atoms with E-state index in [1.165, 1.54) is 17.2 Å². The lowest BCUT2D eigenvalue weighted by atomic mass is 9.92. The van der Waals surface area contributed by atoms with Gasteiger partial charge < -0.3 is 4.74 Å². The van der Waals surface area contributed by atoms with E-state index in [2.05, 4.69) is 69.0 Å². The summed E-state index contributed by atoms with van der Waals surface area (Å²) in [4.78, 5) is 2.35. The van der Waals surface area contributed by atoms with E-state index in [1.54, 1.807) is 7.11 Å². The molecule has 1 atom stereocenters. The highest BCUT2D eigenvalue weighted by molar-refractivity contribution is 14.1. The van der Waals surface area contributed by atoms with E-state index in [4.69, 9.17) is 4.74 Å². The smallest absolute Gasteiger partial charge is 0.131 e. The first-order valence-electron chi connectivity index (χ1n) is 9.05. The number of ether oxygens (including phenoxy) is 1. The van der Waals surface area contributed by atoms with Gasteiger partial charge in [-0.3, -0.25) is 4.90 Å². The van der Waals surface area contributed by atoms with Crippen LogP contribution < -0.4 is 4.74 Å². The number of hydrogen-bond donors (Lipinski definition) is 0. The van der Waals surface area contributed by atoms with Crippen LogP contribution in [0.25, 0.3) is 0 Å². The van der Waals surface area contributed by atoms with Gasteiger partial charge in [-0.1, -0.05) is 44.2 Å². The van der Waals surface area contributed by atoms with Crippen LogP contribution >= 0.6 is 22.9 Å². The fourth-order valence-corrected chi connectivity index (χ4v) is 4.27. The van der Waals surface area contributed by atoms with Crippen LogP contribution in [0.5, 0.6) is 5.75 Å². The van der Waals surface area contributed by atoms with Gasteiger partial charge in [0.05, 0.1) is 13.2 Å². The highest BCUT2D eigenvalue weighted by atomic mass is 127. The van der Waals surface area contributed by atoms with Crippen LogP contribution in [0.1, 0.15) is 42.5 Å². The van der Waals surface area contributed by atoms with Crippen LogP contribution in [0.4, 0.5) is 4.39 Å². The van der Waals surface area contributed by atoms with E-state index in [1.807, 2.05) is 12.1 Å². The van der Waals surface area contributed by atoms with E-state index >= 15 is 0 Å². The summed E-state index contributed by atoms with van der Waals surface area (Å²) in [5.74, 6) is 0.859. The number of methoxy groups -OCH3 is 1. The van der Waals surface area contributed by atoms with Gasteiger partial charge in [-0.2, -0.15) is 0 Å². The topological polar surface area (TPSA) is 15.7 Å². The molecule has 26 heavy (non-hydrogen) atoms. The third-order valence-corrected chi connectivity index (χ3v) is 6.19. The summed E-state index contributed by atoms with van der Waals surface area (Å²) < 4.78 is 21.8. The van der Waals surface area contributed by atoms with Gasteiger partial charge in [0.25, 0.3) is 0 Å². The molecule has 0 N–H and O–H groups in total. The Labute approximate surface area is 169 Å². The summed E-state index contributed by atoms with van der Waals surface area (Å²) >= 11 is 2.44. The van der Waals surface area contributed by atoms with Crippen molar-refractivity contribution in [3.8, 4) is 5.75 Å². The van der Waals surface area contributed by atoms with Gasteiger partial charge in [-0.25, -0.2) is 7.50 Å². The third kappa shape index (κ3) is 4.38. The van der Waals surface area contributed by atoms with E-state index in [-0.39, 0.29) is 5.82 Å². The zero-order valence-corrected chi connectivity index (χ0v) is 17.7. The molecule has 2 aromatic rings. The molecule has 0 amide bonds. The lowest BCUT2D eigenvalue weighted by Crippen LogP contribution is -2.44. The second-order valence-corrected chi connectivity index (χ2v) is 8.35. The number of nitrogens with zero attached hydrogens (tertiary/aromatic N) is 2. The molecule has 3 nitrogen and oxygen atoms in total. The minimum atomic E-state index is -0.194. The Morgan fingerprint density at radius 1 is 1.19 bits per heavy atom. The van der Waals surface area contributed by atoms with Crippen LogP contribution in [-0.4, -0.2) is 34.8 Å². The average Bonchev–Trinajstić information content (AvgIpc) is 2.64. The first-order valence-corrected chi connectivity index (χ1v) is 10.0. The standard InChI is InChI=1S/C21H26FIN2O/c1-15(2)18-6-4-5-7-19(18)21-14-24(10-11-25(21)23)13-16-8-9-17(26-3)12-20(16)22/h4-9,12,15,21H,10-11,13-14H2,1-3H3. The molecule has 0 spiro atoms. The zero-order chi connectivity index (χ0) is 18.7. The lowest BCUT2D eigenvalue weighted by Gasteiger charge is -2.39. The summed E-state index contributed by atoms with van der Waals surface area (Å²) in [6, 6.07) is 14.2. The molecule has 0 saturated carbocycles. The number of halogens is 2. The van der Waals surface area contributed by atoms with Crippen LogP contribution in [0.3, 0.4) is 0 Å². The van der Waals surface area contributed by atoms with Gasteiger partial charge >= 0.3 is 0 Å². The number of rotatable bonds is 5. The van der Waals surface area contributed by atoms with Crippen molar-refractivity contribution in [1.82, 2.24) is 8.01 Å². The first kappa shape index (κ1) is 19.6. The second kappa shape index (κ2) is 8.67. The third-order valence-electron chi connectivity index (χ3n) is 5.03. The van der Waals surface area contributed by atoms with Crippen molar-refractivity contribution in [3.63, 3.8) is 0 Å². The molecule has 140 valence electrons. The van der Waals surface area contributed by atoms with Crippen molar-refractivity contribution < 1.29 is 9.13 Å². The van der Waals surface area contributed by atoms with Crippen LogP contribution in [0.2, 0.25) is 0 Å². The molecular formula is C21H26FIN2O. The van der Waals surface area contributed by atoms with Crippen LogP contribution in [-0.2, 0) is 6.54 Å². The zero-order valence-electron chi connectivity index (χ0n) is 15.6. The van der Waals surface area contributed by atoms with Gasteiger partial charge in [-0.05, 0) is 23.1 Å². The summed E-state index contributed by atoms with van der Waals surface area (Å²) in [6.45, 7) is 7.91. The monoisotopic (exact) mass is 468 g/mol. The Bertz CT molecular complexity index is 753. The van der Waals surface area contributed by atoms with Crippen molar-refractivity contribution in [1.29, 1.82) is 0 Å². The molecule has 5 heteroatoms. The summed E-state index contributed by atoms with van der Waals surface area (Å²) in [5, 5.41) is 0. The molecule has 1 fully saturated rings. The van der Waals surface area contributed by atoms with Crippen molar-refractivity contribution in [2.24, 2.45) is 0 Å². The van der Waals surface area contributed by atoms with Crippen LogP contribution in [0.15, 0.2) is 42.5 Å². The molecular weight excluding hydrogens is 442 g/mol. The number of benzene rings is 2. The molecule has 0 aromatic heterocycles. The molecule has 1 saturated heterocycles. The quantitative estimate of drug-likeness (QED) is 0.445.